The maximum Gasteiger partial charge on any atom is 0.243 e. The van der Waals surface area contributed by atoms with Crippen LogP contribution in [-0.4, -0.2) is 29.4 Å². The zero-order chi connectivity index (χ0) is 12.1. The molecule has 1 atom stereocenters. The van der Waals surface area contributed by atoms with Crippen LogP contribution >= 0.6 is 0 Å². The van der Waals surface area contributed by atoms with Crippen LogP contribution in [0, 0.1) is 0 Å². The monoisotopic (exact) mass is 233 g/mol. The molecule has 0 radical (unpaired) electrons. The number of carbonyl (C=O) groups excluding carboxylic acids is 2. The summed E-state index contributed by atoms with van der Waals surface area (Å²) in [7, 11) is 0. The van der Waals surface area contributed by atoms with Crippen LogP contribution in [0.2, 0.25) is 0 Å². The third-order valence-corrected chi connectivity index (χ3v) is 2.71. The lowest BCUT2D eigenvalue weighted by atomic mass is 10.2. The molecule has 5 heteroatoms. The Hall–Kier alpha value is -1.75. The molecule has 0 spiro atoms. The Morgan fingerprint density at radius 3 is 3.00 bits per heavy atom. The molecule has 1 aromatic rings. The van der Waals surface area contributed by atoms with Gasteiger partial charge in [-0.3, -0.25) is 19.9 Å². The topological polar surface area (TPSA) is 71.1 Å². The lowest BCUT2D eigenvalue weighted by Gasteiger charge is -2.09. The summed E-state index contributed by atoms with van der Waals surface area (Å²) in [4.78, 5) is 27.2. The molecule has 2 N–H and O–H groups in total. The van der Waals surface area contributed by atoms with Gasteiger partial charge in [-0.15, -0.1) is 0 Å². The van der Waals surface area contributed by atoms with Gasteiger partial charge in [-0.05, 0) is 31.5 Å². The molecule has 2 heterocycles. The summed E-state index contributed by atoms with van der Waals surface area (Å²) < 4.78 is 0. The average molecular weight is 233 g/mol. The van der Waals surface area contributed by atoms with Crippen LogP contribution in [0.5, 0.6) is 0 Å². The number of hydrogen-bond acceptors (Lipinski definition) is 4. The second kappa shape index (κ2) is 5.54. The fourth-order valence-corrected chi connectivity index (χ4v) is 1.84. The van der Waals surface area contributed by atoms with Gasteiger partial charge in [0.25, 0.3) is 0 Å². The number of nitrogens with one attached hydrogen (secondary N) is 2. The summed E-state index contributed by atoms with van der Waals surface area (Å²) >= 11 is 0. The van der Waals surface area contributed by atoms with Crippen molar-refractivity contribution in [3.05, 3.63) is 30.1 Å². The molecule has 0 saturated carbocycles. The highest BCUT2D eigenvalue weighted by Gasteiger charge is 2.23. The van der Waals surface area contributed by atoms with E-state index in [-0.39, 0.29) is 24.3 Å². The molecule has 1 aromatic heterocycles. The molecular weight excluding hydrogens is 218 g/mol. The molecule has 0 bridgehead atoms. The van der Waals surface area contributed by atoms with Gasteiger partial charge in [-0.2, -0.15) is 0 Å². The van der Waals surface area contributed by atoms with E-state index < -0.39 is 0 Å². The minimum absolute atomic E-state index is 0.138. The van der Waals surface area contributed by atoms with Gasteiger partial charge >= 0.3 is 0 Å². The number of pyridine rings is 1. The van der Waals surface area contributed by atoms with Crippen molar-refractivity contribution in [3.63, 3.8) is 0 Å². The number of amides is 2. The molecule has 1 saturated heterocycles. The van der Waals surface area contributed by atoms with Crippen LogP contribution in [0.4, 0.5) is 0 Å². The average Bonchev–Trinajstić information content (AvgIpc) is 2.83. The maximum atomic E-state index is 11.6. The minimum atomic E-state index is -0.303. The van der Waals surface area contributed by atoms with E-state index in [1.165, 1.54) is 0 Å². The number of aromatic nitrogens is 1. The highest BCUT2D eigenvalue weighted by Crippen LogP contribution is 2.04. The Morgan fingerprint density at radius 2 is 2.35 bits per heavy atom. The molecule has 1 unspecified atom stereocenters. The Kier molecular flexibility index (Phi) is 3.82. The number of rotatable bonds is 3. The molecule has 0 aromatic carbocycles. The Morgan fingerprint density at radius 1 is 1.47 bits per heavy atom. The highest BCUT2D eigenvalue weighted by molar-refractivity contribution is 5.98. The van der Waals surface area contributed by atoms with Crippen molar-refractivity contribution in [2.75, 3.05) is 6.54 Å². The van der Waals surface area contributed by atoms with E-state index in [2.05, 4.69) is 15.6 Å². The standard InChI is InChI=1S/C12H15N3O2/c16-11(8-9-4-1-2-6-13-9)15-12(17)10-5-3-7-14-10/h1-2,4,6,10,14H,3,5,7-8H2,(H,15,16,17). The van der Waals surface area contributed by atoms with Gasteiger partial charge in [0.2, 0.25) is 11.8 Å². The second-order valence-corrected chi connectivity index (χ2v) is 4.06. The number of nitrogens with zero attached hydrogens (tertiary/aromatic N) is 1. The first-order chi connectivity index (χ1) is 8.25. The summed E-state index contributed by atoms with van der Waals surface area (Å²) in [5.74, 6) is -0.536. The fourth-order valence-electron chi connectivity index (χ4n) is 1.84. The Bertz CT molecular complexity index is 399. The zero-order valence-electron chi connectivity index (χ0n) is 9.48. The van der Waals surface area contributed by atoms with E-state index in [1.807, 2.05) is 6.07 Å². The summed E-state index contributed by atoms with van der Waals surface area (Å²) in [5.41, 5.74) is 0.664. The van der Waals surface area contributed by atoms with Gasteiger partial charge in [-0.1, -0.05) is 6.07 Å². The van der Waals surface area contributed by atoms with Crippen LogP contribution in [0.3, 0.4) is 0 Å². The molecule has 17 heavy (non-hydrogen) atoms. The Balaban J connectivity index is 1.83. The van der Waals surface area contributed by atoms with Gasteiger partial charge in [-0.25, -0.2) is 0 Å². The number of carbonyl (C=O) groups is 2. The van der Waals surface area contributed by atoms with Crippen molar-refractivity contribution in [3.8, 4) is 0 Å². The van der Waals surface area contributed by atoms with Gasteiger partial charge < -0.3 is 5.32 Å². The van der Waals surface area contributed by atoms with E-state index in [0.29, 0.717) is 5.69 Å². The molecule has 5 nitrogen and oxygen atoms in total. The first kappa shape index (κ1) is 11.7. The quantitative estimate of drug-likeness (QED) is 0.772. The predicted molar refractivity (Wildman–Crippen MR) is 62.1 cm³/mol. The minimum Gasteiger partial charge on any atom is -0.306 e. The summed E-state index contributed by atoms with van der Waals surface area (Å²) in [6.45, 7) is 0.840. The van der Waals surface area contributed by atoms with Crippen LogP contribution in [0.1, 0.15) is 18.5 Å². The van der Waals surface area contributed by atoms with Crippen molar-refractivity contribution in [1.82, 2.24) is 15.6 Å². The molecule has 1 aliphatic rings. The SMILES string of the molecule is O=C(Cc1ccccn1)NC(=O)C1CCCN1. The molecule has 2 amide bonds. The Labute approximate surface area is 99.6 Å². The lowest BCUT2D eigenvalue weighted by Crippen LogP contribution is -2.43. The highest BCUT2D eigenvalue weighted by atomic mass is 16.2. The van der Waals surface area contributed by atoms with E-state index in [4.69, 9.17) is 0 Å². The first-order valence-electron chi connectivity index (χ1n) is 5.72. The van der Waals surface area contributed by atoms with Crippen LogP contribution < -0.4 is 10.6 Å². The molecule has 90 valence electrons. The normalized spacial score (nSPS) is 18.9. The van der Waals surface area contributed by atoms with Gasteiger partial charge in [0.1, 0.15) is 0 Å². The van der Waals surface area contributed by atoms with Crippen molar-refractivity contribution < 1.29 is 9.59 Å². The second-order valence-electron chi connectivity index (χ2n) is 4.06. The lowest BCUT2D eigenvalue weighted by molar-refractivity contribution is -0.131. The number of hydrogen-bond donors (Lipinski definition) is 2. The predicted octanol–water partition coefficient (Wildman–Crippen LogP) is 0.0189. The molecule has 2 rings (SSSR count). The van der Waals surface area contributed by atoms with Crippen molar-refractivity contribution in [2.45, 2.75) is 25.3 Å². The molecule has 1 aliphatic heterocycles. The third-order valence-electron chi connectivity index (χ3n) is 2.71. The van der Waals surface area contributed by atoms with E-state index in [0.717, 1.165) is 19.4 Å². The maximum absolute atomic E-state index is 11.6. The van der Waals surface area contributed by atoms with E-state index in [1.54, 1.807) is 18.3 Å². The smallest absolute Gasteiger partial charge is 0.243 e. The summed E-state index contributed by atoms with van der Waals surface area (Å²) in [6, 6.07) is 5.14. The van der Waals surface area contributed by atoms with Crippen LogP contribution in [0.25, 0.3) is 0 Å². The third kappa shape index (κ3) is 3.35. The summed E-state index contributed by atoms with van der Waals surface area (Å²) in [6.07, 6.45) is 3.54. The van der Waals surface area contributed by atoms with Gasteiger partial charge in [0.15, 0.2) is 0 Å². The molecule has 1 fully saturated rings. The fraction of sp³-hybridized carbons (Fsp3) is 0.417. The van der Waals surface area contributed by atoms with E-state index in [9.17, 15) is 9.59 Å². The van der Waals surface area contributed by atoms with Gasteiger partial charge in [0.05, 0.1) is 12.5 Å². The molecule has 0 aliphatic carbocycles. The largest absolute Gasteiger partial charge is 0.306 e. The van der Waals surface area contributed by atoms with Crippen LogP contribution in [0.15, 0.2) is 24.4 Å². The first-order valence-corrected chi connectivity index (χ1v) is 5.72. The molecular formula is C12H15N3O2. The van der Waals surface area contributed by atoms with Crippen molar-refractivity contribution >= 4 is 11.8 Å². The van der Waals surface area contributed by atoms with Gasteiger partial charge in [0, 0.05) is 11.9 Å². The van der Waals surface area contributed by atoms with Crippen LogP contribution in [-0.2, 0) is 16.0 Å². The summed E-state index contributed by atoms with van der Waals surface area (Å²) in [5, 5.41) is 5.44. The van der Waals surface area contributed by atoms with Crippen molar-refractivity contribution in [2.24, 2.45) is 0 Å². The number of imide groups is 1. The zero-order valence-corrected chi connectivity index (χ0v) is 9.48. The van der Waals surface area contributed by atoms with Crippen molar-refractivity contribution in [1.29, 1.82) is 0 Å². The van der Waals surface area contributed by atoms with E-state index >= 15 is 0 Å².